The number of anilines is 1. The molecule has 1 fully saturated rings. The SMILES string of the molecule is COc1ccc(-c2nc3c4c(C)cccc4nc(N[C@@H]4CN(C(=O)OCc5ccccc5)CCNC4=O)n3n2)cc1. The molecule has 6 rings (SSSR count). The number of amides is 2. The second-order valence-electron chi connectivity index (χ2n) is 9.78. The molecule has 41 heavy (non-hydrogen) atoms. The second kappa shape index (κ2) is 11.1. The van der Waals surface area contributed by atoms with E-state index in [9.17, 15) is 9.59 Å². The van der Waals surface area contributed by atoms with Crippen LogP contribution in [0.3, 0.4) is 0 Å². The molecule has 0 bridgehead atoms. The molecule has 2 amide bonds. The molecule has 5 aromatic rings. The highest BCUT2D eigenvalue weighted by atomic mass is 16.6. The van der Waals surface area contributed by atoms with Crippen LogP contribution in [0.1, 0.15) is 11.1 Å². The number of ether oxygens (including phenoxy) is 2. The number of carbonyl (C=O) groups is 2. The van der Waals surface area contributed by atoms with Crippen LogP contribution in [0.25, 0.3) is 27.9 Å². The van der Waals surface area contributed by atoms with Crippen molar-refractivity contribution in [2.24, 2.45) is 0 Å². The van der Waals surface area contributed by atoms with Gasteiger partial charge in [0.25, 0.3) is 0 Å². The third-order valence-corrected chi connectivity index (χ3v) is 7.02. The first-order valence-corrected chi connectivity index (χ1v) is 13.3. The van der Waals surface area contributed by atoms with Crippen molar-refractivity contribution >= 4 is 34.5 Å². The van der Waals surface area contributed by atoms with Gasteiger partial charge in [0, 0.05) is 24.0 Å². The number of nitrogens with zero attached hydrogens (tertiary/aromatic N) is 5. The summed E-state index contributed by atoms with van der Waals surface area (Å²) in [5, 5.41) is 11.7. The van der Waals surface area contributed by atoms with Crippen molar-refractivity contribution in [1.82, 2.24) is 29.8 Å². The van der Waals surface area contributed by atoms with E-state index in [1.807, 2.05) is 79.7 Å². The quantitative estimate of drug-likeness (QED) is 0.327. The van der Waals surface area contributed by atoms with E-state index < -0.39 is 12.1 Å². The van der Waals surface area contributed by atoms with E-state index in [0.29, 0.717) is 36.0 Å². The van der Waals surface area contributed by atoms with Crippen molar-refractivity contribution in [2.75, 3.05) is 32.1 Å². The summed E-state index contributed by atoms with van der Waals surface area (Å²) in [5.74, 6) is 1.32. The Bertz CT molecular complexity index is 1720. The number of methoxy groups -OCH3 is 1. The summed E-state index contributed by atoms with van der Waals surface area (Å²) in [6, 6.07) is 22.0. The van der Waals surface area contributed by atoms with Crippen molar-refractivity contribution in [3.05, 3.63) is 83.9 Å². The molecule has 2 N–H and O–H groups in total. The molecule has 3 aromatic carbocycles. The number of hydrogen-bond donors (Lipinski definition) is 2. The molecule has 1 atom stereocenters. The lowest BCUT2D eigenvalue weighted by Crippen LogP contribution is -2.44. The zero-order valence-electron chi connectivity index (χ0n) is 22.7. The largest absolute Gasteiger partial charge is 0.497 e. The Morgan fingerprint density at radius 3 is 2.63 bits per heavy atom. The van der Waals surface area contributed by atoms with Crippen molar-refractivity contribution in [3.8, 4) is 17.1 Å². The first kappa shape index (κ1) is 26.1. The van der Waals surface area contributed by atoms with Crippen LogP contribution in [0.4, 0.5) is 10.7 Å². The summed E-state index contributed by atoms with van der Waals surface area (Å²) in [7, 11) is 1.62. The summed E-state index contributed by atoms with van der Waals surface area (Å²) < 4.78 is 12.4. The minimum absolute atomic E-state index is 0.0918. The van der Waals surface area contributed by atoms with Crippen LogP contribution in [-0.4, -0.2) is 69.3 Å². The maximum atomic E-state index is 13.1. The second-order valence-corrected chi connectivity index (χ2v) is 9.78. The Labute approximate surface area is 236 Å². The lowest BCUT2D eigenvalue weighted by atomic mass is 10.1. The molecule has 0 spiro atoms. The minimum atomic E-state index is -0.798. The van der Waals surface area contributed by atoms with E-state index in [0.717, 1.165) is 27.8 Å². The molecule has 0 saturated carbocycles. The number of aryl methyl sites for hydroxylation is 1. The Morgan fingerprint density at radius 2 is 1.85 bits per heavy atom. The first-order valence-electron chi connectivity index (χ1n) is 13.3. The summed E-state index contributed by atoms with van der Waals surface area (Å²) in [6.07, 6.45) is -0.494. The number of aromatic nitrogens is 4. The molecule has 1 saturated heterocycles. The van der Waals surface area contributed by atoms with Crippen LogP contribution in [0, 0.1) is 6.92 Å². The molecule has 208 valence electrons. The monoisotopic (exact) mass is 551 g/mol. The molecule has 11 heteroatoms. The van der Waals surface area contributed by atoms with Gasteiger partial charge in [-0.05, 0) is 48.4 Å². The molecule has 1 aliphatic rings. The molecule has 3 heterocycles. The third-order valence-electron chi connectivity index (χ3n) is 7.02. The Hall–Kier alpha value is -5.19. The predicted molar refractivity (Wildman–Crippen MR) is 154 cm³/mol. The number of carbonyl (C=O) groups excluding carboxylic acids is 2. The fourth-order valence-electron chi connectivity index (χ4n) is 4.85. The third kappa shape index (κ3) is 5.33. The summed E-state index contributed by atoms with van der Waals surface area (Å²) in [5.41, 5.74) is 4.01. The zero-order valence-corrected chi connectivity index (χ0v) is 22.7. The molecular formula is C30H29N7O4. The van der Waals surface area contributed by atoms with Gasteiger partial charge in [-0.1, -0.05) is 42.5 Å². The van der Waals surface area contributed by atoms with E-state index in [4.69, 9.17) is 24.5 Å². The summed E-state index contributed by atoms with van der Waals surface area (Å²) in [4.78, 5) is 37.2. The van der Waals surface area contributed by atoms with E-state index in [1.54, 1.807) is 11.6 Å². The van der Waals surface area contributed by atoms with Gasteiger partial charge in [0.05, 0.1) is 19.2 Å². The molecular weight excluding hydrogens is 522 g/mol. The lowest BCUT2D eigenvalue weighted by Gasteiger charge is -2.23. The number of rotatable bonds is 6. The van der Waals surface area contributed by atoms with Gasteiger partial charge in [-0.3, -0.25) is 4.79 Å². The average molecular weight is 552 g/mol. The number of fused-ring (bicyclic) bond motifs is 3. The van der Waals surface area contributed by atoms with Crippen LogP contribution in [0.2, 0.25) is 0 Å². The van der Waals surface area contributed by atoms with Gasteiger partial charge in [0.1, 0.15) is 18.4 Å². The number of nitrogens with one attached hydrogen (secondary N) is 2. The predicted octanol–water partition coefficient (Wildman–Crippen LogP) is 3.81. The van der Waals surface area contributed by atoms with E-state index >= 15 is 0 Å². The molecule has 0 radical (unpaired) electrons. The zero-order chi connectivity index (χ0) is 28.3. The van der Waals surface area contributed by atoms with Crippen LogP contribution < -0.4 is 15.4 Å². The fraction of sp³-hybridized carbons (Fsp3) is 0.233. The van der Waals surface area contributed by atoms with Crippen molar-refractivity contribution in [2.45, 2.75) is 19.6 Å². The first-order chi connectivity index (χ1) is 20.0. The standard InChI is InChI=1S/C30H29N7O4/c1-19-7-6-10-23-25(19)27-34-26(21-11-13-22(40-2)14-12-21)35-37(27)29(32-23)33-24-17-36(16-15-31-28(24)38)30(39)41-18-20-8-4-3-5-9-20/h3-14,24H,15-18H2,1-2H3,(H,31,38)(H,32,33)/t24-/m1/s1. The topological polar surface area (TPSA) is 123 Å². The van der Waals surface area contributed by atoms with Crippen LogP contribution in [0.15, 0.2) is 72.8 Å². The minimum Gasteiger partial charge on any atom is -0.497 e. The summed E-state index contributed by atoms with van der Waals surface area (Å²) >= 11 is 0. The normalized spacial score (nSPS) is 15.4. The lowest BCUT2D eigenvalue weighted by molar-refractivity contribution is -0.121. The van der Waals surface area contributed by atoms with Gasteiger partial charge in [0.2, 0.25) is 11.9 Å². The van der Waals surface area contributed by atoms with Crippen molar-refractivity contribution in [1.29, 1.82) is 0 Å². The van der Waals surface area contributed by atoms with E-state index in [1.165, 1.54) is 4.90 Å². The number of benzene rings is 3. The van der Waals surface area contributed by atoms with Gasteiger partial charge < -0.3 is 25.0 Å². The molecule has 1 aliphatic heterocycles. The van der Waals surface area contributed by atoms with Gasteiger partial charge in [-0.25, -0.2) is 14.8 Å². The Morgan fingerprint density at radius 1 is 1.05 bits per heavy atom. The fourth-order valence-corrected chi connectivity index (χ4v) is 4.85. The molecule has 2 aromatic heterocycles. The maximum absolute atomic E-state index is 13.1. The highest BCUT2D eigenvalue weighted by molar-refractivity contribution is 5.96. The van der Waals surface area contributed by atoms with Crippen LogP contribution in [0.5, 0.6) is 5.75 Å². The molecule has 0 unspecified atom stereocenters. The van der Waals surface area contributed by atoms with E-state index in [-0.39, 0.29) is 19.1 Å². The van der Waals surface area contributed by atoms with Crippen molar-refractivity contribution < 1.29 is 19.1 Å². The maximum Gasteiger partial charge on any atom is 0.410 e. The Balaban J connectivity index is 1.32. The smallest absolute Gasteiger partial charge is 0.410 e. The number of hydrogen-bond acceptors (Lipinski definition) is 8. The highest BCUT2D eigenvalue weighted by Crippen LogP contribution is 2.27. The van der Waals surface area contributed by atoms with Gasteiger partial charge >= 0.3 is 6.09 Å². The van der Waals surface area contributed by atoms with Crippen molar-refractivity contribution in [3.63, 3.8) is 0 Å². The van der Waals surface area contributed by atoms with Gasteiger partial charge in [-0.2, -0.15) is 4.52 Å². The van der Waals surface area contributed by atoms with Crippen LogP contribution in [-0.2, 0) is 16.1 Å². The average Bonchev–Trinajstić information content (AvgIpc) is 3.36. The Kier molecular flexibility index (Phi) is 7.07. The van der Waals surface area contributed by atoms with Gasteiger partial charge in [0.15, 0.2) is 11.5 Å². The van der Waals surface area contributed by atoms with Crippen LogP contribution >= 0.6 is 0 Å². The van der Waals surface area contributed by atoms with E-state index in [2.05, 4.69) is 10.6 Å². The molecule has 0 aliphatic carbocycles. The molecule has 11 nitrogen and oxygen atoms in total. The summed E-state index contributed by atoms with van der Waals surface area (Å²) in [6.45, 7) is 2.87. The highest BCUT2D eigenvalue weighted by Gasteiger charge is 2.30. The van der Waals surface area contributed by atoms with Gasteiger partial charge in [-0.15, -0.1) is 5.10 Å².